The summed E-state index contributed by atoms with van der Waals surface area (Å²) < 4.78 is 25.1. The van der Waals surface area contributed by atoms with Gasteiger partial charge in [0.15, 0.2) is 0 Å². The Labute approximate surface area is 97.8 Å². The van der Waals surface area contributed by atoms with Crippen LogP contribution in [0, 0.1) is 11.3 Å². The quantitative estimate of drug-likeness (QED) is 0.721. The maximum atomic E-state index is 11.7. The molecule has 0 amide bonds. The molecule has 1 saturated heterocycles. The molecule has 1 unspecified atom stereocenters. The molecular formula is C10H20ClNO2S. The van der Waals surface area contributed by atoms with Gasteiger partial charge in [0.05, 0.1) is 5.75 Å². The lowest BCUT2D eigenvalue weighted by molar-refractivity contribution is 0.252. The number of halogens is 1. The molecule has 1 aliphatic rings. The van der Waals surface area contributed by atoms with E-state index in [2.05, 4.69) is 20.8 Å². The standard InChI is InChI=1S/C10H20ClNO2S/c1-10(2,3)9-4-6-12(8-9)15(13,14)7-5-11/h9H,4-8H2,1-3H3. The van der Waals surface area contributed by atoms with Crippen molar-refractivity contribution in [3.63, 3.8) is 0 Å². The zero-order valence-corrected chi connectivity index (χ0v) is 11.2. The van der Waals surface area contributed by atoms with Crippen molar-refractivity contribution in [3.05, 3.63) is 0 Å². The Hall–Kier alpha value is 0.200. The zero-order chi connectivity index (χ0) is 11.7. The largest absolute Gasteiger partial charge is 0.215 e. The molecule has 5 heteroatoms. The highest BCUT2D eigenvalue weighted by atomic mass is 35.5. The van der Waals surface area contributed by atoms with Crippen LogP contribution in [0.25, 0.3) is 0 Å². The molecular weight excluding hydrogens is 234 g/mol. The third kappa shape index (κ3) is 3.33. The fourth-order valence-electron chi connectivity index (χ4n) is 1.91. The normalized spacial score (nSPS) is 24.7. The lowest BCUT2D eigenvalue weighted by atomic mass is 9.80. The highest BCUT2D eigenvalue weighted by Gasteiger charge is 2.36. The molecule has 1 atom stereocenters. The van der Waals surface area contributed by atoms with Gasteiger partial charge in [-0.3, -0.25) is 0 Å². The first kappa shape index (κ1) is 13.3. The van der Waals surface area contributed by atoms with Crippen molar-refractivity contribution < 1.29 is 8.42 Å². The lowest BCUT2D eigenvalue weighted by Gasteiger charge is -2.26. The first-order valence-corrected chi connectivity index (χ1v) is 7.45. The van der Waals surface area contributed by atoms with Gasteiger partial charge < -0.3 is 0 Å². The number of rotatable bonds is 3. The molecule has 0 radical (unpaired) electrons. The van der Waals surface area contributed by atoms with Gasteiger partial charge in [-0.05, 0) is 17.8 Å². The predicted molar refractivity (Wildman–Crippen MR) is 63.6 cm³/mol. The summed E-state index contributed by atoms with van der Waals surface area (Å²) in [6.07, 6.45) is 0.963. The van der Waals surface area contributed by atoms with Crippen molar-refractivity contribution in [2.75, 3.05) is 24.7 Å². The summed E-state index contributed by atoms with van der Waals surface area (Å²) in [6, 6.07) is 0. The molecule has 0 aromatic heterocycles. The second-order valence-electron chi connectivity index (χ2n) is 5.21. The van der Waals surface area contributed by atoms with Crippen molar-refractivity contribution in [3.8, 4) is 0 Å². The molecule has 15 heavy (non-hydrogen) atoms. The summed E-state index contributed by atoms with van der Waals surface area (Å²) >= 11 is 5.48. The van der Waals surface area contributed by atoms with Crippen LogP contribution in [-0.4, -0.2) is 37.4 Å². The van der Waals surface area contributed by atoms with Gasteiger partial charge in [0.25, 0.3) is 0 Å². The molecule has 0 bridgehead atoms. The average molecular weight is 254 g/mol. The van der Waals surface area contributed by atoms with Gasteiger partial charge in [0, 0.05) is 19.0 Å². The Kier molecular flexibility index (Phi) is 4.07. The van der Waals surface area contributed by atoms with Crippen LogP contribution in [0.3, 0.4) is 0 Å². The number of hydrogen-bond acceptors (Lipinski definition) is 2. The minimum atomic E-state index is -3.10. The Morgan fingerprint density at radius 3 is 2.40 bits per heavy atom. The maximum Gasteiger partial charge on any atom is 0.215 e. The van der Waals surface area contributed by atoms with E-state index < -0.39 is 10.0 Å². The van der Waals surface area contributed by atoms with E-state index >= 15 is 0 Å². The van der Waals surface area contributed by atoms with Crippen molar-refractivity contribution in [2.45, 2.75) is 27.2 Å². The Morgan fingerprint density at radius 2 is 2.00 bits per heavy atom. The van der Waals surface area contributed by atoms with E-state index in [0.29, 0.717) is 19.0 Å². The van der Waals surface area contributed by atoms with Crippen molar-refractivity contribution >= 4 is 21.6 Å². The van der Waals surface area contributed by atoms with E-state index in [-0.39, 0.29) is 17.0 Å². The Bertz CT molecular complexity index is 308. The Morgan fingerprint density at radius 1 is 1.40 bits per heavy atom. The van der Waals surface area contributed by atoms with Gasteiger partial charge in [-0.25, -0.2) is 12.7 Å². The Balaban J connectivity index is 2.65. The van der Waals surface area contributed by atoms with Gasteiger partial charge in [-0.1, -0.05) is 20.8 Å². The van der Waals surface area contributed by atoms with Gasteiger partial charge in [-0.2, -0.15) is 0 Å². The van der Waals surface area contributed by atoms with Crippen LogP contribution in [0.2, 0.25) is 0 Å². The summed E-state index contributed by atoms with van der Waals surface area (Å²) in [4.78, 5) is 0. The molecule has 1 heterocycles. The van der Waals surface area contributed by atoms with E-state index in [9.17, 15) is 8.42 Å². The average Bonchev–Trinajstić information content (AvgIpc) is 2.50. The fourth-order valence-corrected chi connectivity index (χ4v) is 3.74. The monoisotopic (exact) mass is 253 g/mol. The summed E-state index contributed by atoms with van der Waals surface area (Å²) in [7, 11) is -3.10. The first-order valence-electron chi connectivity index (χ1n) is 5.31. The molecule has 1 aliphatic heterocycles. The van der Waals surface area contributed by atoms with Gasteiger partial charge in [0.2, 0.25) is 10.0 Å². The highest BCUT2D eigenvalue weighted by Crippen LogP contribution is 2.34. The third-order valence-electron chi connectivity index (χ3n) is 3.10. The third-order valence-corrected chi connectivity index (χ3v) is 5.36. The van der Waals surface area contributed by atoms with Crippen molar-refractivity contribution in [2.24, 2.45) is 11.3 Å². The van der Waals surface area contributed by atoms with Gasteiger partial charge in [0.1, 0.15) is 0 Å². The minimum absolute atomic E-state index is 0.0609. The van der Waals surface area contributed by atoms with Crippen LogP contribution in [0.15, 0.2) is 0 Å². The van der Waals surface area contributed by atoms with E-state index in [0.717, 1.165) is 6.42 Å². The van der Waals surface area contributed by atoms with E-state index in [1.807, 2.05) is 0 Å². The van der Waals surface area contributed by atoms with Crippen molar-refractivity contribution in [1.29, 1.82) is 0 Å². The summed E-state index contributed by atoms with van der Waals surface area (Å²) in [5.41, 5.74) is 0.186. The molecule has 0 aromatic rings. The molecule has 3 nitrogen and oxygen atoms in total. The predicted octanol–water partition coefficient (Wildman–Crippen LogP) is 1.92. The summed E-state index contributed by atoms with van der Waals surface area (Å²) in [5.74, 6) is 0.701. The SMILES string of the molecule is CC(C)(C)C1CCN(S(=O)(=O)CCCl)C1. The fraction of sp³-hybridized carbons (Fsp3) is 1.00. The lowest BCUT2D eigenvalue weighted by Crippen LogP contribution is -2.33. The number of hydrogen-bond donors (Lipinski definition) is 0. The van der Waals surface area contributed by atoms with Crippen LogP contribution in [0.1, 0.15) is 27.2 Å². The van der Waals surface area contributed by atoms with Gasteiger partial charge in [-0.15, -0.1) is 11.6 Å². The van der Waals surface area contributed by atoms with Crippen LogP contribution in [0.4, 0.5) is 0 Å². The molecule has 1 fully saturated rings. The second-order valence-corrected chi connectivity index (χ2v) is 7.68. The van der Waals surface area contributed by atoms with Crippen LogP contribution >= 0.6 is 11.6 Å². The van der Waals surface area contributed by atoms with Crippen LogP contribution < -0.4 is 0 Å². The second kappa shape index (κ2) is 4.60. The molecule has 1 rings (SSSR count). The summed E-state index contributed by atoms with van der Waals surface area (Å²) in [5, 5.41) is 0. The number of alkyl halides is 1. The zero-order valence-electron chi connectivity index (χ0n) is 9.66. The molecule has 90 valence electrons. The molecule has 0 N–H and O–H groups in total. The summed E-state index contributed by atoms with van der Waals surface area (Å²) in [6.45, 7) is 7.80. The van der Waals surface area contributed by atoms with E-state index in [1.54, 1.807) is 4.31 Å². The van der Waals surface area contributed by atoms with E-state index in [1.165, 1.54) is 0 Å². The molecule has 0 spiro atoms. The topological polar surface area (TPSA) is 37.4 Å². The molecule has 0 aliphatic carbocycles. The van der Waals surface area contributed by atoms with Crippen LogP contribution in [0.5, 0.6) is 0 Å². The molecule has 0 aromatic carbocycles. The minimum Gasteiger partial charge on any atom is -0.212 e. The van der Waals surface area contributed by atoms with Gasteiger partial charge >= 0.3 is 0 Å². The van der Waals surface area contributed by atoms with Crippen molar-refractivity contribution in [1.82, 2.24) is 4.31 Å². The molecule has 0 saturated carbocycles. The number of nitrogens with zero attached hydrogens (tertiary/aromatic N) is 1. The van der Waals surface area contributed by atoms with Crippen LogP contribution in [-0.2, 0) is 10.0 Å². The first-order chi connectivity index (χ1) is 6.77. The highest BCUT2D eigenvalue weighted by molar-refractivity contribution is 7.89. The van der Waals surface area contributed by atoms with E-state index in [4.69, 9.17) is 11.6 Å². The maximum absolute atomic E-state index is 11.7. The smallest absolute Gasteiger partial charge is 0.212 e. The number of sulfonamides is 1.